The lowest BCUT2D eigenvalue weighted by Crippen LogP contribution is -2.40. The molecule has 1 atom stereocenters. The summed E-state index contributed by atoms with van der Waals surface area (Å²) in [4.78, 5) is 33.9. The van der Waals surface area contributed by atoms with E-state index >= 15 is 0 Å². The quantitative estimate of drug-likeness (QED) is 0.335. The van der Waals surface area contributed by atoms with E-state index in [1.54, 1.807) is 33.7 Å². The van der Waals surface area contributed by atoms with Gasteiger partial charge in [-0.15, -0.1) is 0 Å². The number of aryl methyl sites for hydroxylation is 1. The monoisotopic (exact) mass is 471 g/mol. The van der Waals surface area contributed by atoms with Crippen molar-refractivity contribution in [3.8, 4) is 5.69 Å². The minimum absolute atomic E-state index is 0.00337. The molecule has 4 aromatic rings. The van der Waals surface area contributed by atoms with Gasteiger partial charge < -0.3 is 4.90 Å². The lowest BCUT2D eigenvalue weighted by atomic mass is 10.1. The number of fused-ring (bicyclic) bond motifs is 1. The maximum atomic E-state index is 14.6. The molecule has 4 rings (SSSR count). The second kappa shape index (κ2) is 10.2. The van der Waals surface area contributed by atoms with Crippen molar-refractivity contribution in [2.75, 3.05) is 6.54 Å². The fourth-order valence-electron chi connectivity index (χ4n) is 4.43. The molecule has 35 heavy (non-hydrogen) atoms. The van der Waals surface area contributed by atoms with Gasteiger partial charge in [0.2, 0.25) is 0 Å². The minimum Gasteiger partial charge on any atom is -0.328 e. The van der Waals surface area contributed by atoms with Crippen molar-refractivity contribution >= 4 is 16.8 Å². The highest BCUT2D eigenvalue weighted by Crippen LogP contribution is 2.27. The zero-order chi connectivity index (χ0) is 25.1. The fraction of sp³-hybridized carbons (Fsp3) is 0.276. The van der Waals surface area contributed by atoms with E-state index in [1.165, 1.54) is 12.1 Å². The molecule has 0 saturated carbocycles. The Morgan fingerprint density at radius 2 is 1.63 bits per heavy atom. The maximum Gasteiger partial charge on any atom is 0.266 e. The van der Waals surface area contributed by atoms with Gasteiger partial charge in [0.05, 0.1) is 28.2 Å². The Bertz CT molecular complexity index is 1430. The third kappa shape index (κ3) is 4.74. The molecule has 0 aliphatic heterocycles. The minimum atomic E-state index is -0.591. The van der Waals surface area contributed by atoms with Gasteiger partial charge in [0.1, 0.15) is 11.6 Å². The second-order valence-corrected chi connectivity index (χ2v) is 9.12. The van der Waals surface area contributed by atoms with Crippen molar-refractivity contribution in [3.63, 3.8) is 0 Å². The first-order valence-corrected chi connectivity index (χ1v) is 12.0. The number of carbonyl (C=O) groups is 1. The first kappa shape index (κ1) is 24.3. The summed E-state index contributed by atoms with van der Waals surface area (Å²) in [6.07, 6.45) is 0.729. The second-order valence-electron chi connectivity index (χ2n) is 9.12. The summed E-state index contributed by atoms with van der Waals surface area (Å²) in [5.41, 5.74) is 2.11. The predicted molar refractivity (Wildman–Crippen MR) is 137 cm³/mol. The van der Waals surface area contributed by atoms with Gasteiger partial charge in [-0.3, -0.25) is 14.2 Å². The summed E-state index contributed by atoms with van der Waals surface area (Å²) >= 11 is 0. The van der Waals surface area contributed by atoms with Crippen molar-refractivity contribution in [2.45, 2.75) is 40.2 Å². The van der Waals surface area contributed by atoms with Crippen molar-refractivity contribution in [1.29, 1.82) is 0 Å². The average Bonchev–Trinajstić information content (AvgIpc) is 2.86. The Balaban J connectivity index is 1.96. The predicted octanol–water partition coefficient (Wildman–Crippen LogP) is 5.95. The molecule has 3 aromatic carbocycles. The number of nitrogens with zero attached hydrogens (tertiary/aromatic N) is 3. The van der Waals surface area contributed by atoms with E-state index in [9.17, 15) is 14.0 Å². The van der Waals surface area contributed by atoms with Gasteiger partial charge in [-0.25, -0.2) is 9.37 Å². The molecule has 1 aromatic heterocycles. The van der Waals surface area contributed by atoms with Crippen LogP contribution in [0.5, 0.6) is 0 Å². The van der Waals surface area contributed by atoms with E-state index in [2.05, 4.69) is 0 Å². The third-order valence-electron chi connectivity index (χ3n) is 6.18. The summed E-state index contributed by atoms with van der Waals surface area (Å²) in [7, 11) is 0. The molecule has 1 amide bonds. The summed E-state index contributed by atoms with van der Waals surface area (Å²) in [6.45, 7) is 8.27. The number of para-hydroxylation sites is 2. The average molecular weight is 472 g/mol. The standard InChI is InChI=1S/C29H30FN3O2/c1-5-21-12-6-11-17-26(21)33-27(31-25-16-10-8-14-23(25)29(33)35)20(4)32(18-19(2)3)28(34)22-13-7-9-15-24(22)30/h6-17,19-20H,5,18H2,1-4H3. The molecule has 0 saturated heterocycles. The SMILES string of the molecule is CCc1ccccc1-n1c(C(C)N(CC(C)C)C(=O)c2ccccc2F)nc2ccccc2c1=O. The van der Waals surface area contributed by atoms with Crippen LogP contribution < -0.4 is 5.56 Å². The van der Waals surface area contributed by atoms with Crippen LogP contribution in [0.1, 0.15) is 55.5 Å². The van der Waals surface area contributed by atoms with E-state index in [0.717, 1.165) is 17.7 Å². The highest BCUT2D eigenvalue weighted by atomic mass is 19.1. The van der Waals surface area contributed by atoms with Crippen LogP contribution in [0.15, 0.2) is 77.6 Å². The van der Waals surface area contributed by atoms with Crippen LogP contribution >= 0.6 is 0 Å². The Hall–Kier alpha value is -3.80. The lowest BCUT2D eigenvalue weighted by molar-refractivity contribution is 0.0650. The Morgan fingerprint density at radius 1 is 0.971 bits per heavy atom. The maximum absolute atomic E-state index is 14.6. The van der Waals surface area contributed by atoms with Crippen LogP contribution in [0, 0.1) is 11.7 Å². The molecule has 6 heteroatoms. The molecular formula is C29H30FN3O2. The molecule has 0 bridgehead atoms. The number of hydrogen-bond donors (Lipinski definition) is 0. The van der Waals surface area contributed by atoms with Gasteiger partial charge in [-0.1, -0.05) is 63.2 Å². The molecule has 0 radical (unpaired) electrons. The summed E-state index contributed by atoms with van der Waals surface area (Å²) in [5.74, 6) is -0.433. The normalized spacial score (nSPS) is 12.2. The van der Waals surface area contributed by atoms with Gasteiger partial charge >= 0.3 is 0 Å². The lowest BCUT2D eigenvalue weighted by Gasteiger charge is -2.32. The molecular weight excluding hydrogens is 441 g/mol. The summed E-state index contributed by atoms with van der Waals surface area (Å²) in [5, 5.41) is 0.505. The number of rotatable bonds is 7. The number of amides is 1. The number of halogens is 1. The highest BCUT2D eigenvalue weighted by Gasteiger charge is 2.29. The molecule has 5 nitrogen and oxygen atoms in total. The number of carbonyl (C=O) groups excluding carboxylic acids is 1. The van der Waals surface area contributed by atoms with Crippen LogP contribution in [0.4, 0.5) is 4.39 Å². The largest absolute Gasteiger partial charge is 0.328 e. The van der Waals surface area contributed by atoms with Crippen molar-refractivity contribution in [1.82, 2.24) is 14.5 Å². The summed E-state index contributed by atoms with van der Waals surface area (Å²) in [6, 6.07) is 20.3. The molecule has 0 aliphatic carbocycles. The molecule has 1 unspecified atom stereocenters. The van der Waals surface area contributed by atoms with E-state index in [-0.39, 0.29) is 17.0 Å². The summed E-state index contributed by atoms with van der Waals surface area (Å²) < 4.78 is 16.2. The van der Waals surface area contributed by atoms with E-state index < -0.39 is 17.8 Å². The number of hydrogen-bond acceptors (Lipinski definition) is 3. The van der Waals surface area contributed by atoms with Gasteiger partial charge in [0, 0.05) is 6.54 Å². The molecule has 0 fully saturated rings. The van der Waals surface area contributed by atoms with Crippen LogP contribution in [0.3, 0.4) is 0 Å². The molecule has 0 spiro atoms. The first-order valence-electron chi connectivity index (χ1n) is 12.0. The van der Waals surface area contributed by atoms with E-state index in [4.69, 9.17) is 4.98 Å². The topological polar surface area (TPSA) is 55.2 Å². The highest BCUT2D eigenvalue weighted by molar-refractivity contribution is 5.94. The van der Waals surface area contributed by atoms with Crippen LogP contribution in [0.2, 0.25) is 0 Å². The van der Waals surface area contributed by atoms with Gasteiger partial charge in [-0.2, -0.15) is 0 Å². The molecule has 0 aliphatic rings. The van der Waals surface area contributed by atoms with Gasteiger partial charge in [-0.05, 0) is 55.2 Å². The fourth-order valence-corrected chi connectivity index (χ4v) is 4.43. The molecule has 180 valence electrons. The smallest absolute Gasteiger partial charge is 0.266 e. The van der Waals surface area contributed by atoms with Crippen LogP contribution in [-0.2, 0) is 6.42 Å². The Morgan fingerprint density at radius 3 is 2.34 bits per heavy atom. The zero-order valence-corrected chi connectivity index (χ0v) is 20.5. The Kier molecular flexibility index (Phi) is 7.10. The zero-order valence-electron chi connectivity index (χ0n) is 20.5. The van der Waals surface area contributed by atoms with Crippen LogP contribution in [-0.4, -0.2) is 26.9 Å². The molecule has 0 N–H and O–H groups in total. The third-order valence-corrected chi connectivity index (χ3v) is 6.18. The van der Waals surface area contributed by atoms with Gasteiger partial charge in [0.15, 0.2) is 0 Å². The van der Waals surface area contributed by atoms with Crippen molar-refractivity contribution in [3.05, 3.63) is 106 Å². The van der Waals surface area contributed by atoms with E-state index in [0.29, 0.717) is 23.3 Å². The van der Waals surface area contributed by atoms with Crippen LogP contribution in [0.25, 0.3) is 16.6 Å². The van der Waals surface area contributed by atoms with Gasteiger partial charge in [0.25, 0.3) is 11.5 Å². The number of benzene rings is 3. The van der Waals surface area contributed by atoms with Crippen molar-refractivity contribution in [2.24, 2.45) is 5.92 Å². The Labute approximate surface area is 204 Å². The number of aromatic nitrogens is 2. The molecule has 1 heterocycles. The first-order chi connectivity index (χ1) is 16.8. The van der Waals surface area contributed by atoms with E-state index in [1.807, 2.05) is 64.1 Å². The van der Waals surface area contributed by atoms with Crippen molar-refractivity contribution < 1.29 is 9.18 Å².